The second-order valence-electron chi connectivity index (χ2n) is 3.48. The quantitative estimate of drug-likeness (QED) is 0.753. The predicted molar refractivity (Wildman–Crippen MR) is 53.0 cm³/mol. The van der Waals surface area contributed by atoms with Crippen LogP contribution >= 0.6 is 0 Å². The number of rotatable bonds is 4. The zero-order chi connectivity index (χ0) is 11.4. The molecule has 0 saturated heterocycles. The van der Waals surface area contributed by atoms with Crippen LogP contribution in [0.15, 0.2) is 4.63 Å². The van der Waals surface area contributed by atoms with Crippen molar-refractivity contribution in [3.8, 4) is 0 Å². The summed E-state index contributed by atoms with van der Waals surface area (Å²) < 4.78 is 9.53. The van der Waals surface area contributed by atoms with Crippen LogP contribution in [-0.2, 0) is 9.53 Å². The molecule has 1 rings (SSSR count). The molecule has 0 aliphatic rings. The van der Waals surface area contributed by atoms with E-state index in [0.717, 1.165) is 0 Å². The van der Waals surface area contributed by atoms with Gasteiger partial charge in [-0.1, -0.05) is 12.1 Å². The first-order valence-corrected chi connectivity index (χ1v) is 4.84. The third-order valence-electron chi connectivity index (χ3n) is 1.92. The molecule has 2 N–H and O–H groups in total. The van der Waals surface area contributed by atoms with Crippen LogP contribution in [0.4, 0.5) is 5.82 Å². The lowest BCUT2D eigenvalue weighted by Crippen LogP contribution is -2.20. The number of nitrogen functional groups attached to an aromatic ring is 1. The van der Waals surface area contributed by atoms with Gasteiger partial charge < -0.3 is 10.5 Å². The van der Waals surface area contributed by atoms with Crippen LogP contribution < -0.4 is 5.73 Å². The summed E-state index contributed by atoms with van der Waals surface area (Å²) in [6.07, 6.45) is 0.386. The number of hydrogen-bond acceptors (Lipinski definition) is 6. The Balaban J connectivity index is 2.80. The number of ether oxygens (including phenoxy) is 1. The molecule has 0 spiro atoms. The zero-order valence-electron chi connectivity index (χ0n) is 9.06. The van der Waals surface area contributed by atoms with Crippen molar-refractivity contribution in [3.05, 3.63) is 5.69 Å². The third kappa shape index (κ3) is 2.68. The van der Waals surface area contributed by atoms with Crippen molar-refractivity contribution < 1.29 is 14.2 Å². The number of carbonyl (C=O) groups is 1. The maximum absolute atomic E-state index is 11.6. The van der Waals surface area contributed by atoms with Gasteiger partial charge in [-0.2, -0.15) is 0 Å². The molecular formula is C9H15N3O3. The molecule has 1 aromatic rings. The number of nitrogens with zero attached hydrogens (tertiary/aromatic N) is 2. The van der Waals surface area contributed by atoms with Crippen molar-refractivity contribution >= 4 is 11.8 Å². The fraction of sp³-hybridized carbons (Fsp3) is 0.667. The van der Waals surface area contributed by atoms with E-state index >= 15 is 0 Å². The third-order valence-corrected chi connectivity index (χ3v) is 1.92. The molecule has 6 heteroatoms. The summed E-state index contributed by atoms with van der Waals surface area (Å²) in [4.78, 5) is 11.6. The summed E-state index contributed by atoms with van der Waals surface area (Å²) in [5, 5.41) is 7.03. The first-order valence-electron chi connectivity index (χ1n) is 4.84. The number of anilines is 1. The molecular weight excluding hydrogens is 198 g/mol. The molecule has 1 atom stereocenters. The van der Waals surface area contributed by atoms with Crippen molar-refractivity contribution in [3.63, 3.8) is 0 Å². The molecule has 1 unspecified atom stereocenters. The summed E-state index contributed by atoms with van der Waals surface area (Å²) >= 11 is 0. The van der Waals surface area contributed by atoms with Crippen molar-refractivity contribution in [1.29, 1.82) is 0 Å². The van der Waals surface area contributed by atoms with E-state index in [1.807, 2.05) is 6.92 Å². The highest BCUT2D eigenvalue weighted by Gasteiger charge is 2.27. The van der Waals surface area contributed by atoms with Gasteiger partial charge in [-0.25, -0.2) is 4.63 Å². The van der Waals surface area contributed by atoms with Crippen molar-refractivity contribution in [2.45, 2.75) is 39.2 Å². The van der Waals surface area contributed by atoms with E-state index in [9.17, 15) is 4.79 Å². The Kier molecular flexibility index (Phi) is 3.65. The van der Waals surface area contributed by atoms with Gasteiger partial charge in [0.05, 0.1) is 6.10 Å². The first kappa shape index (κ1) is 11.5. The van der Waals surface area contributed by atoms with E-state index in [2.05, 4.69) is 14.9 Å². The Bertz CT molecular complexity index is 335. The second kappa shape index (κ2) is 4.77. The highest BCUT2D eigenvalue weighted by atomic mass is 16.6. The maximum Gasteiger partial charge on any atom is 0.315 e. The fourth-order valence-electron chi connectivity index (χ4n) is 1.23. The first-order chi connectivity index (χ1) is 7.06. The van der Waals surface area contributed by atoms with Gasteiger partial charge in [0.1, 0.15) is 11.6 Å². The van der Waals surface area contributed by atoms with Crippen LogP contribution in [0.5, 0.6) is 0 Å². The van der Waals surface area contributed by atoms with Gasteiger partial charge in [0.25, 0.3) is 0 Å². The van der Waals surface area contributed by atoms with Crippen LogP contribution in [0.1, 0.15) is 38.8 Å². The molecule has 0 aliphatic heterocycles. The Morgan fingerprint density at radius 2 is 2.20 bits per heavy atom. The maximum atomic E-state index is 11.6. The topological polar surface area (TPSA) is 91.2 Å². The minimum absolute atomic E-state index is 0.141. The normalized spacial score (nSPS) is 12.8. The second-order valence-corrected chi connectivity index (χ2v) is 3.48. The van der Waals surface area contributed by atoms with Gasteiger partial charge in [0, 0.05) is 0 Å². The van der Waals surface area contributed by atoms with Crippen LogP contribution in [0.25, 0.3) is 0 Å². The average molecular weight is 213 g/mol. The van der Waals surface area contributed by atoms with E-state index in [4.69, 9.17) is 10.5 Å². The Labute approximate surface area is 87.7 Å². The summed E-state index contributed by atoms with van der Waals surface area (Å²) in [7, 11) is 0. The van der Waals surface area contributed by atoms with Gasteiger partial charge in [0.2, 0.25) is 0 Å². The SMILES string of the molecule is CCC(C(=O)OC(C)C)c1nonc1N. The Morgan fingerprint density at radius 1 is 1.53 bits per heavy atom. The zero-order valence-corrected chi connectivity index (χ0v) is 9.06. The summed E-state index contributed by atoms with van der Waals surface area (Å²) in [5.74, 6) is -0.712. The minimum atomic E-state index is -0.501. The molecule has 0 amide bonds. The molecule has 0 saturated carbocycles. The van der Waals surface area contributed by atoms with Crippen LogP contribution in [-0.4, -0.2) is 22.4 Å². The van der Waals surface area contributed by atoms with Gasteiger partial charge >= 0.3 is 5.97 Å². The minimum Gasteiger partial charge on any atom is -0.462 e. The summed E-state index contributed by atoms with van der Waals surface area (Å²) in [6, 6.07) is 0. The van der Waals surface area contributed by atoms with Gasteiger partial charge in [-0.3, -0.25) is 4.79 Å². The van der Waals surface area contributed by atoms with Crippen molar-refractivity contribution in [2.75, 3.05) is 5.73 Å². The van der Waals surface area contributed by atoms with E-state index in [1.54, 1.807) is 13.8 Å². The fourth-order valence-corrected chi connectivity index (χ4v) is 1.23. The Hall–Kier alpha value is -1.59. The smallest absolute Gasteiger partial charge is 0.315 e. The Morgan fingerprint density at radius 3 is 2.60 bits per heavy atom. The molecule has 6 nitrogen and oxygen atoms in total. The molecule has 1 heterocycles. The standard InChI is InChI=1S/C9H15N3O3/c1-4-6(9(13)14-5(2)3)7-8(10)12-15-11-7/h5-6H,4H2,1-3H3,(H2,10,12). The van der Waals surface area contributed by atoms with Crippen molar-refractivity contribution in [2.24, 2.45) is 0 Å². The molecule has 0 fully saturated rings. The van der Waals surface area contributed by atoms with Gasteiger partial charge in [-0.15, -0.1) is 0 Å². The lowest BCUT2D eigenvalue weighted by Gasteiger charge is -2.13. The molecule has 0 bridgehead atoms. The molecule has 0 radical (unpaired) electrons. The van der Waals surface area contributed by atoms with Gasteiger partial charge in [-0.05, 0) is 25.4 Å². The van der Waals surface area contributed by atoms with Crippen molar-refractivity contribution in [1.82, 2.24) is 10.3 Å². The van der Waals surface area contributed by atoms with Crippen LogP contribution in [0.2, 0.25) is 0 Å². The highest BCUT2D eigenvalue weighted by Crippen LogP contribution is 2.23. The highest BCUT2D eigenvalue weighted by molar-refractivity contribution is 5.78. The molecule has 0 aromatic carbocycles. The van der Waals surface area contributed by atoms with E-state index in [1.165, 1.54) is 0 Å². The lowest BCUT2D eigenvalue weighted by atomic mass is 10.0. The molecule has 84 valence electrons. The largest absolute Gasteiger partial charge is 0.462 e. The molecule has 0 aliphatic carbocycles. The lowest BCUT2D eigenvalue weighted by molar-refractivity contribution is -0.149. The summed E-state index contributed by atoms with van der Waals surface area (Å²) in [5.41, 5.74) is 5.86. The van der Waals surface area contributed by atoms with Crippen LogP contribution in [0.3, 0.4) is 0 Å². The van der Waals surface area contributed by atoms with E-state index in [-0.39, 0.29) is 17.9 Å². The number of aromatic nitrogens is 2. The number of esters is 1. The van der Waals surface area contributed by atoms with E-state index < -0.39 is 5.92 Å². The number of hydrogen-bond donors (Lipinski definition) is 1. The molecule has 1 aromatic heterocycles. The predicted octanol–water partition coefficient (Wildman–Crippen LogP) is 1.10. The number of nitrogens with two attached hydrogens (primary N) is 1. The monoisotopic (exact) mass is 213 g/mol. The van der Waals surface area contributed by atoms with Gasteiger partial charge in [0.15, 0.2) is 5.82 Å². The molecule has 15 heavy (non-hydrogen) atoms. The van der Waals surface area contributed by atoms with E-state index in [0.29, 0.717) is 12.1 Å². The summed E-state index contributed by atoms with van der Waals surface area (Å²) in [6.45, 7) is 5.42. The van der Waals surface area contributed by atoms with Crippen LogP contribution in [0, 0.1) is 0 Å². The average Bonchev–Trinajstić information content (AvgIpc) is 2.52. The number of carbonyl (C=O) groups excluding carboxylic acids is 1.